The zero-order valence-electron chi connectivity index (χ0n) is 17.2. The van der Waals surface area contributed by atoms with Crippen LogP contribution in [0, 0.1) is 0 Å². The van der Waals surface area contributed by atoms with Gasteiger partial charge in [-0.25, -0.2) is 19.7 Å². The van der Waals surface area contributed by atoms with Crippen LogP contribution < -0.4 is 10.2 Å². The van der Waals surface area contributed by atoms with E-state index in [4.69, 9.17) is 0 Å². The number of hydrogen-bond donors (Lipinski definition) is 1. The van der Waals surface area contributed by atoms with Gasteiger partial charge >= 0.3 is 6.03 Å². The number of piperazine rings is 1. The van der Waals surface area contributed by atoms with Crippen molar-refractivity contribution in [3.05, 3.63) is 28.6 Å². The summed E-state index contributed by atoms with van der Waals surface area (Å²) in [5.41, 5.74) is 1.75. The fraction of sp³-hybridized carbons (Fsp3) is 0.526. The van der Waals surface area contributed by atoms with Gasteiger partial charge in [-0.15, -0.1) is 11.3 Å². The summed E-state index contributed by atoms with van der Waals surface area (Å²) in [6, 6.07) is -0.0517. The van der Waals surface area contributed by atoms with Crippen LogP contribution in [0.5, 0.6) is 0 Å². The van der Waals surface area contributed by atoms with Crippen LogP contribution in [0.1, 0.15) is 31.5 Å². The summed E-state index contributed by atoms with van der Waals surface area (Å²) in [6.07, 6.45) is 3.36. The largest absolute Gasteiger partial charge is 0.352 e. The Kier molecular flexibility index (Phi) is 5.12. The number of rotatable bonds is 3. The highest BCUT2D eigenvalue weighted by molar-refractivity contribution is 7.09. The molecule has 10 heteroatoms. The average Bonchev–Trinajstić information content (AvgIpc) is 3.33. The molecular weight excluding hydrogens is 388 g/mol. The van der Waals surface area contributed by atoms with Crippen LogP contribution in [-0.2, 0) is 19.0 Å². The lowest BCUT2D eigenvalue weighted by molar-refractivity contribution is 0.193. The van der Waals surface area contributed by atoms with Crippen molar-refractivity contribution in [2.45, 2.75) is 32.7 Å². The van der Waals surface area contributed by atoms with E-state index >= 15 is 0 Å². The molecule has 4 rings (SSSR count). The van der Waals surface area contributed by atoms with E-state index < -0.39 is 0 Å². The second-order valence-corrected chi connectivity index (χ2v) is 9.09. The summed E-state index contributed by atoms with van der Waals surface area (Å²) in [5.74, 6) is 0.875. The molecule has 2 amide bonds. The molecule has 0 radical (unpaired) electrons. The number of fused-ring (bicyclic) bond motifs is 1. The summed E-state index contributed by atoms with van der Waals surface area (Å²) >= 11 is 1.64. The molecule has 0 aromatic carbocycles. The molecule has 1 aliphatic rings. The summed E-state index contributed by atoms with van der Waals surface area (Å²) < 4.78 is 1.74. The standard InChI is InChI=1S/C19H26N8OS/c1-19(2,3)17-24-13(11-29-17)9-20-18(28)27-7-5-26(6-8-27)16-14-10-23-25(4)15(14)21-12-22-16/h10-12H,5-9H2,1-4H3,(H,20,28). The number of hydrogen-bond acceptors (Lipinski definition) is 7. The molecule has 0 unspecified atom stereocenters. The van der Waals surface area contributed by atoms with Crippen LogP contribution in [0.15, 0.2) is 17.9 Å². The van der Waals surface area contributed by atoms with Crippen LogP contribution in [-0.4, -0.2) is 61.8 Å². The third-order valence-corrected chi connectivity index (χ3v) is 6.31. The van der Waals surface area contributed by atoms with Crippen molar-refractivity contribution in [2.24, 2.45) is 7.05 Å². The van der Waals surface area contributed by atoms with Crippen molar-refractivity contribution in [3.8, 4) is 0 Å². The molecule has 3 aromatic heterocycles. The maximum absolute atomic E-state index is 12.6. The van der Waals surface area contributed by atoms with Gasteiger partial charge in [0.25, 0.3) is 0 Å². The zero-order valence-corrected chi connectivity index (χ0v) is 18.0. The number of aromatic nitrogens is 5. The van der Waals surface area contributed by atoms with Crippen molar-refractivity contribution < 1.29 is 4.79 Å². The van der Waals surface area contributed by atoms with Gasteiger partial charge in [0, 0.05) is 44.0 Å². The summed E-state index contributed by atoms with van der Waals surface area (Å²) in [5, 5.41) is 11.3. The van der Waals surface area contributed by atoms with Gasteiger partial charge in [-0.2, -0.15) is 5.10 Å². The Hall–Kier alpha value is -2.75. The molecule has 4 heterocycles. The maximum Gasteiger partial charge on any atom is 0.317 e. The van der Waals surface area contributed by atoms with Crippen LogP contribution in [0.25, 0.3) is 11.0 Å². The Bertz CT molecular complexity index is 1010. The number of carbonyl (C=O) groups excluding carboxylic acids is 1. The molecule has 29 heavy (non-hydrogen) atoms. The van der Waals surface area contributed by atoms with Crippen molar-refractivity contribution in [1.82, 2.24) is 34.9 Å². The Labute approximate surface area is 173 Å². The molecule has 1 aliphatic heterocycles. The SMILES string of the molecule is Cn1ncc2c(N3CCN(C(=O)NCc4csc(C(C)(C)C)n4)CC3)ncnc21. The molecule has 1 fully saturated rings. The van der Waals surface area contributed by atoms with E-state index in [1.54, 1.807) is 28.5 Å². The fourth-order valence-corrected chi connectivity index (χ4v) is 4.24. The predicted molar refractivity (Wildman–Crippen MR) is 113 cm³/mol. The second-order valence-electron chi connectivity index (χ2n) is 8.23. The lowest BCUT2D eigenvalue weighted by Crippen LogP contribution is -2.52. The molecule has 0 saturated carbocycles. The molecule has 0 aliphatic carbocycles. The number of nitrogens with zero attached hydrogens (tertiary/aromatic N) is 7. The molecule has 9 nitrogen and oxygen atoms in total. The highest BCUT2D eigenvalue weighted by Gasteiger charge is 2.24. The van der Waals surface area contributed by atoms with Gasteiger partial charge in [0.1, 0.15) is 12.1 Å². The highest BCUT2D eigenvalue weighted by atomic mass is 32.1. The van der Waals surface area contributed by atoms with E-state index in [0.29, 0.717) is 19.6 Å². The van der Waals surface area contributed by atoms with E-state index in [1.165, 1.54) is 0 Å². The van der Waals surface area contributed by atoms with E-state index in [-0.39, 0.29) is 11.4 Å². The Morgan fingerprint density at radius 2 is 1.97 bits per heavy atom. The van der Waals surface area contributed by atoms with E-state index in [1.807, 2.05) is 17.3 Å². The van der Waals surface area contributed by atoms with Gasteiger partial charge in [0.2, 0.25) is 0 Å². The first kappa shape index (κ1) is 19.6. The van der Waals surface area contributed by atoms with Crippen LogP contribution in [0.3, 0.4) is 0 Å². The van der Waals surface area contributed by atoms with Crippen molar-refractivity contribution in [2.75, 3.05) is 31.1 Å². The Morgan fingerprint density at radius 1 is 1.21 bits per heavy atom. The molecule has 0 atom stereocenters. The van der Waals surface area contributed by atoms with Gasteiger partial charge < -0.3 is 15.1 Å². The maximum atomic E-state index is 12.6. The number of urea groups is 1. The number of carbonyl (C=O) groups is 1. The molecule has 0 spiro atoms. The van der Waals surface area contributed by atoms with E-state index in [2.05, 4.69) is 51.0 Å². The van der Waals surface area contributed by atoms with E-state index in [0.717, 1.165) is 40.6 Å². The fourth-order valence-electron chi connectivity index (χ4n) is 3.33. The van der Waals surface area contributed by atoms with Crippen molar-refractivity contribution in [3.63, 3.8) is 0 Å². The van der Waals surface area contributed by atoms with Crippen LogP contribution in [0.2, 0.25) is 0 Å². The summed E-state index contributed by atoms with van der Waals surface area (Å²) in [4.78, 5) is 30.0. The lowest BCUT2D eigenvalue weighted by Gasteiger charge is -2.35. The Morgan fingerprint density at radius 3 is 2.66 bits per heavy atom. The number of aryl methyl sites for hydroxylation is 1. The Balaban J connectivity index is 1.33. The van der Waals surface area contributed by atoms with Crippen LogP contribution >= 0.6 is 11.3 Å². The minimum Gasteiger partial charge on any atom is -0.352 e. The normalized spacial score (nSPS) is 15.2. The smallest absolute Gasteiger partial charge is 0.317 e. The average molecular weight is 415 g/mol. The van der Waals surface area contributed by atoms with Crippen molar-refractivity contribution >= 4 is 34.2 Å². The van der Waals surface area contributed by atoms with Crippen molar-refractivity contribution in [1.29, 1.82) is 0 Å². The zero-order chi connectivity index (χ0) is 20.6. The molecule has 1 saturated heterocycles. The number of thiazole rings is 1. The first-order valence-electron chi connectivity index (χ1n) is 9.68. The number of nitrogens with one attached hydrogen (secondary N) is 1. The van der Waals surface area contributed by atoms with Gasteiger partial charge in [0.15, 0.2) is 5.65 Å². The number of anilines is 1. The van der Waals surface area contributed by atoms with Gasteiger partial charge in [-0.1, -0.05) is 20.8 Å². The molecular formula is C19H26N8OS. The molecule has 154 valence electrons. The topological polar surface area (TPSA) is 92.1 Å². The first-order valence-corrected chi connectivity index (χ1v) is 10.6. The lowest BCUT2D eigenvalue weighted by atomic mass is 9.98. The quantitative estimate of drug-likeness (QED) is 0.706. The highest BCUT2D eigenvalue weighted by Crippen LogP contribution is 2.26. The summed E-state index contributed by atoms with van der Waals surface area (Å²) in [6.45, 7) is 9.61. The minimum atomic E-state index is -0.0517. The number of amides is 2. The second kappa shape index (κ2) is 7.58. The minimum absolute atomic E-state index is 0.0317. The van der Waals surface area contributed by atoms with Crippen LogP contribution in [0.4, 0.5) is 10.6 Å². The molecule has 3 aromatic rings. The van der Waals surface area contributed by atoms with E-state index in [9.17, 15) is 4.79 Å². The van der Waals surface area contributed by atoms with Gasteiger partial charge in [-0.05, 0) is 0 Å². The van der Waals surface area contributed by atoms with Gasteiger partial charge in [-0.3, -0.25) is 4.68 Å². The third-order valence-electron chi connectivity index (χ3n) is 4.99. The predicted octanol–water partition coefficient (Wildman–Crippen LogP) is 2.15. The molecule has 0 bridgehead atoms. The summed E-state index contributed by atoms with van der Waals surface area (Å²) in [7, 11) is 1.87. The first-order chi connectivity index (χ1) is 13.8. The van der Waals surface area contributed by atoms with Gasteiger partial charge in [0.05, 0.1) is 28.8 Å². The molecule has 1 N–H and O–H groups in total. The monoisotopic (exact) mass is 414 g/mol. The third kappa shape index (κ3) is 4.02.